The van der Waals surface area contributed by atoms with Gasteiger partial charge >= 0.3 is 0 Å². The Morgan fingerprint density at radius 2 is 2.00 bits per heavy atom. The fraction of sp³-hybridized carbons (Fsp3) is 0.318. The van der Waals surface area contributed by atoms with E-state index >= 15 is 0 Å². The van der Waals surface area contributed by atoms with Crippen LogP contribution in [0.5, 0.6) is 5.75 Å². The van der Waals surface area contributed by atoms with E-state index in [0.29, 0.717) is 23.8 Å². The van der Waals surface area contributed by atoms with Gasteiger partial charge in [0, 0.05) is 12.1 Å². The normalized spacial score (nSPS) is 11.5. The highest BCUT2D eigenvalue weighted by Crippen LogP contribution is 2.35. The predicted octanol–water partition coefficient (Wildman–Crippen LogP) is 4.90. The van der Waals surface area contributed by atoms with Gasteiger partial charge in [0.25, 0.3) is 5.91 Å². The van der Waals surface area contributed by atoms with Crippen molar-refractivity contribution in [3.05, 3.63) is 47.5 Å². The first kappa shape index (κ1) is 20.7. The summed E-state index contributed by atoms with van der Waals surface area (Å²) in [5.41, 5.74) is 4.18. The molecular formula is C22H24N4O2S2. The molecule has 0 N–H and O–H groups in total. The summed E-state index contributed by atoms with van der Waals surface area (Å²) >= 11 is 3.06. The summed E-state index contributed by atoms with van der Waals surface area (Å²) < 4.78 is 7.76. The predicted molar refractivity (Wildman–Crippen MR) is 125 cm³/mol. The molecule has 0 radical (unpaired) electrons. The number of nitrogens with zero attached hydrogens (tertiary/aromatic N) is 4. The first-order valence-corrected chi connectivity index (χ1v) is 11.6. The van der Waals surface area contributed by atoms with Gasteiger partial charge in [0.1, 0.15) is 11.3 Å². The Balaban J connectivity index is 1.70. The summed E-state index contributed by atoms with van der Waals surface area (Å²) in [6.07, 6.45) is 0.857. The molecule has 0 aliphatic heterocycles. The monoisotopic (exact) mass is 440 g/mol. The molecule has 156 valence electrons. The molecule has 0 atom stereocenters. The third kappa shape index (κ3) is 4.30. The summed E-state index contributed by atoms with van der Waals surface area (Å²) in [5, 5.41) is 0.699. The quantitative estimate of drug-likeness (QED) is 0.390. The van der Waals surface area contributed by atoms with Gasteiger partial charge in [0.2, 0.25) is 0 Å². The maximum absolute atomic E-state index is 13.5. The van der Waals surface area contributed by atoms with Crippen molar-refractivity contribution in [2.75, 3.05) is 38.7 Å². The average Bonchev–Trinajstić information content (AvgIpc) is 3.37. The summed E-state index contributed by atoms with van der Waals surface area (Å²) in [7, 11) is 4.08. The van der Waals surface area contributed by atoms with Crippen LogP contribution in [0.25, 0.3) is 20.4 Å². The molecule has 6 nitrogen and oxygen atoms in total. The number of para-hydroxylation sites is 1. The van der Waals surface area contributed by atoms with Crippen LogP contribution in [0.3, 0.4) is 0 Å². The molecule has 8 heteroatoms. The van der Waals surface area contributed by atoms with Crippen molar-refractivity contribution in [3.63, 3.8) is 0 Å². The van der Waals surface area contributed by atoms with Crippen LogP contribution in [0, 0.1) is 0 Å². The average molecular weight is 441 g/mol. The van der Waals surface area contributed by atoms with E-state index in [1.165, 1.54) is 11.3 Å². The largest absolute Gasteiger partial charge is 0.492 e. The Kier molecular flexibility index (Phi) is 6.26. The van der Waals surface area contributed by atoms with E-state index in [1.54, 1.807) is 21.7 Å². The van der Waals surface area contributed by atoms with Gasteiger partial charge in [-0.05, 0) is 64.3 Å². The summed E-state index contributed by atoms with van der Waals surface area (Å²) in [5.74, 6) is 0.713. The fourth-order valence-electron chi connectivity index (χ4n) is 3.27. The molecular weight excluding hydrogens is 416 g/mol. The third-order valence-electron chi connectivity index (χ3n) is 4.71. The van der Waals surface area contributed by atoms with E-state index in [0.717, 1.165) is 39.1 Å². The molecule has 2 heterocycles. The van der Waals surface area contributed by atoms with E-state index in [-0.39, 0.29) is 5.91 Å². The van der Waals surface area contributed by atoms with Crippen LogP contribution in [0.15, 0.2) is 41.9 Å². The lowest BCUT2D eigenvalue weighted by Crippen LogP contribution is -2.33. The number of carbonyl (C=O) groups excluding carboxylic acids is 1. The zero-order chi connectivity index (χ0) is 21.1. The van der Waals surface area contributed by atoms with E-state index in [2.05, 4.69) is 9.88 Å². The van der Waals surface area contributed by atoms with Crippen molar-refractivity contribution in [3.8, 4) is 5.75 Å². The van der Waals surface area contributed by atoms with Crippen molar-refractivity contribution in [1.82, 2.24) is 14.9 Å². The van der Waals surface area contributed by atoms with Crippen molar-refractivity contribution < 1.29 is 9.53 Å². The molecule has 0 fully saturated rings. The van der Waals surface area contributed by atoms with Gasteiger partial charge in [-0.1, -0.05) is 17.4 Å². The molecule has 1 amide bonds. The van der Waals surface area contributed by atoms with Crippen molar-refractivity contribution >= 4 is 54.1 Å². The summed E-state index contributed by atoms with van der Waals surface area (Å²) in [6, 6.07) is 11.6. The number of ether oxygens (including phenoxy) is 1. The topological polar surface area (TPSA) is 58.6 Å². The minimum atomic E-state index is -0.0407. The van der Waals surface area contributed by atoms with E-state index in [9.17, 15) is 4.79 Å². The molecule has 0 saturated heterocycles. The Hall–Kier alpha value is -2.55. The lowest BCUT2D eigenvalue weighted by molar-refractivity contribution is 0.0986. The van der Waals surface area contributed by atoms with E-state index in [4.69, 9.17) is 9.72 Å². The van der Waals surface area contributed by atoms with Crippen LogP contribution in [-0.2, 0) is 0 Å². The van der Waals surface area contributed by atoms with Crippen molar-refractivity contribution in [2.45, 2.75) is 13.3 Å². The molecule has 0 saturated carbocycles. The second-order valence-electron chi connectivity index (χ2n) is 7.18. The first-order valence-electron chi connectivity index (χ1n) is 9.89. The van der Waals surface area contributed by atoms with Gasteiger partial charge in [-0.15, -0.1) is 11.3 Å². The van der Waals surface area contributed by atoms with Crippen LogP contribution in [-0.4, -0.2) is 54.6 Å². The highest BCUT2D eigenvalue weighted by molar-refractivity contribution is 7.22. The Bertz CT molecular complexity index is 1170. The Morgan fingerprint density at radius 3 is 2.80 bits per heavy atom. The second-order valence-corrected chi connectivity index (χ2v) is 9.08. The number of hydrogen-bond acceptors (Lipinski definition) is 7. The zero-order valence-electron chi connectivity index (χ0n) is 17.3. The van der Waals surface area contributed by atoms with Gasteiger partial charge in [-0.25, -0.2) is 9.97 Å². The number of benzene rings is 2. The Morgan fingerprint density at radius 1 is 1.13 bits per heavy atom. The molecule has 0 bridgehead atoms. The smallest absolute Gasteiger partial charge is 0.260 e. The van der Waals surface area contributed by atoms with Gasteiger partial charge in [0.05, 0.1) is 27.0 Å². The minimum absolute atomic E-state index is 0.0407. The standard InChI is InChI=1S/C22H24N4O2S2/c1-4-28-17-7-5-8-18-20(17)24-22(30-18)26(12-6-11-25(2)3)21(27)15-9-10-16-19(13-15)29-14-23-16/h5,7-10,13-14H,4,6,11-12H2,1-3H3. The summed E-state index contributed by atoms with van der Waals surface area (Å²) in [6.45, 7) is 4.03. The first-order chi connectivity index (χ1) is 14.6. The molecule has 4 aromatic rings. The maximum atomic E-state index is 13.5. The van der Waals surface area contributed by atoms with Gasteiger partial charge in [-0.3, -0.25) is 9.69 Å². The molecule has 30 heavy (non-hydrogen) atoms. The van der Waals surface area contributed by atoms with Crippen LogP contribution in [0.1, 0.15) is 23.7 Å². The zero-order valence-corrected chi connectivity index (χ0v) is 18.9. The number of anilines is 1. The van der Waals surface area contributed by atoms with E-state index < -0.39 is 0 Å². The van der Waals surface area contributed by atoms with Gasteiger partial charge in [-0.2, -0.15) is 0 Å². The number of carbonyl (C=O) groups is 1. The van der Waals surface area contributed by atoms with Gasteiger partial charge < -0.3 is 9.64 Å². The highest BCUT2D eigenvalue weighted by atomic mass is 32.1. The number of hydrogen-bond donors (Lipinski definition) is 0. The van der Waals surface area contributed by atoms with Crippen molar-refractivity contribution in [1.29, 1.82) is 0 Å². The minimum Gasteiger partial charge on any atom is -0.492 e. The van der Waals surface area contributed by atoms with Crippen LogP contribution in [0.4, 0.5) is 5.13 Å². The Labute approximate surface area is 183 Å². The van der Waals surface area contributed by atoms with Crippen LogP contribution < -0.4 is 9.64 Å². The lowest BCUT2D eigenvalue weighted by atomic mass is 10.2. The third-order valence-corrected chi connectivity index (χ3v) is 6.55. The second kappa shape index (κ2) is 9.07. The molecule has 0 spiro atoms. The fourth-order valence-corrected chi connectivity index (χ4v) is 5.00. The SMILES string of the molecule is CCOc1cccc2sc(N(CCCN(C)C)C(=O)c3ccc4ncsc4c3)nc12. The number of amides is 1. The van der Waals surface area contributed by atoms with Crippen molar-refractivity contribution in [2.24, 2.45) is 0 Å². The molecule has 0 aliphatic carbocycles. The molecule has 0 aliphatic rings. The molecule has 2 aromatic heterocycles. The molecule has 2 aromatic carbocycles. The number of fused-ring (bicyclic) bond motifs is 2. The molecule has 4 rings (SSSR count). The van der Waals surface area contributed by atoms with Gasteiger partial charge in [0.15, 0.2) is 5.13 Å². The molecule has 0 unspecified atom stereocenters. The van der Waals surface area contributed by atoms with Crippen LogP contribution >= 0.6 is 22.7 Å². The lowest BCUT2D eigenvalue weighted by Gasteiger charge is -2.21. The van der Waals surface area contributed by atoms with E-state index in [1.807, 2.05) is 57.4 Å². The highest BCUT2D eigenvalue weighted by Gasteiger charge is 2.22. The number of aromatic nitrogens is 2. The summed E-state index contributed by atoms with van der Waals surface area (Å²) in [4.78, 5) is 26.5. The van der Waals surface area contributed by atoms with Crippen LogP contribution in [0.2, 0.25) is 0 Å². The number of thiazole rings is 2. The maximum Gasteiger partial charge on any atom is 0.260 e. The number of rotatable bonds is 8.